The van der Waals surface area contributed by atoms with Crippen molar-refractivity contribution in [2.45, 2.75) is 25.3 Å². The first-order valence-corrected chi connectivity index (χ1v) is 4.33. The van der Waals surface area contributed by atoms with Crippen LogP contribution in [0.2, 0.25) is 0 Å². The van der Waals surface area contributed by atoms with Crippen LogP contribution in [-0.4, -0.2) is 26.9 Å². The third-order valence-corrected chi connectivity index (χ3v) is 2.49. The van der Waals surface area contributed by atoms with Crippen molar-refractivity contribution < 1.29 is 9.90 Å². The quantitative estimate of drug-likeness (QED) is 0.720. The summed E-state index contributed by atoms with van der Waals surface area (Å²) in [6.45, 7) is 3.59. The van der Waals surface area contributed by atoms with Gasteiger partial charge in [-0.3, -0.25) is 9.48 Å². The molecule has 0 saturated carbocycles. The normalized spacial score (nSPS) is 14.0. The van der Waals surface area contributed by atoms with Crippen LogP contribution in [0.3, 0.4) is 0 Å². The number of rotatable bonds is 3. The lowest BCUT2D eigenvalue weighted by molar-refractivity contribution is -0.140. The third-order valence-electron chi connectivity index (χ3n) is 2.49. The highest BCUT2D eigenvalue weighted by atomic mass is 16.4. The molecule has 5 nitrogen and oxygen atoms in total. The van der Waals surface area contributed by atoms with E-state index in [1.165, 1.54) is 0 Å². The van der Waals surface area contributed by atoms with Crippen molar-refractivity contribution in [1.29, 1.82) is 0 Å². The fourth-order valence-corrected chi connectivity index (χ4v) is 1.24. The van der Waals surface area contributed by atoms with Gasteiger partial charge in [-0.25, -0.2) is 0 Å². The lowest BCUT2D eigenvalue weighted by Crippen LogP contribution is -2.46. The Hall–Kier alpha value is -1.36. The van der Waals surface area contributed by atoms with Gasteiger partial charge < -0.3 is 10.8 Å². The molecule has 1 aromatic heterocycles. The molecule has 1 unspecified atom stereocenters. The van der Waals surface area contributed by atoms with Crippen LogP contribution in [0.25, 0.3) is 0 Å². The molecule has 0 aliphatic heterocycles. The van der Waals surface area contributed by atoms with Gasteiger partial charge in [0.25, 0.3) is 0 Å². The molecule has 1 aromatic rings. The van der Waals surface area contributed by atoms with Crippen LogP contribution in [0, 0.1) is 0 Å². The van der Waals surface area contributed by atoms with Crippen LogP contribution in [0.15, 0.2) is 12.4 Å². The van der Waals surface area contributed by atoms with Gasteiger partial charge in [-0.2, -0.15) is 5.10 Å². The summed E-state index contributed by atoms with van der Waals surface area (Å²) < 4.78 is 1.63. The largest absolute Gasteiger partial charge is 0.480 e. The number of carboxylic acids is 1. The first-order chi connectivity index (χ1) is 6.35. The summed E-state index contributed by atoms with van der Waals surface area (Å²) in [5.74, 6) is -1.00. The zero-order valence-corrected chi connectivity index (χ0v) is 8.56. The van der Waals surface area contributed by atoms with Crippen LogP contribution in [0.1, 0.15) is 19.4 Å². The fourth-order valence-electron chi connectivity index (χ4n) is 1.24. The van der Waals surface area contributed by atoms with Gasteiger partial charge in [0, 0.05) is 18.7 Å². The number of carbonyl (C=O) groups is 1. The Morgan fingerprint density at radius 3 is 2.64 bits per heavy atom. The van der Waals surface area contributed by atoms with E-state index in [1.54, 1.807) is 38.0 Å². The molecule has 0 fully saturated rings. The smallest absolute Gasteiger partial charge is 0.321 e. The number of nitrogens with zero attached hydrogens (tertiary/aromatic N) is 2. The summed E-state index contributed by atoms with van der Waals surface area (Å²) in [7, 11) is 1.78. The highest BCUT2D eigenvalue weighted by molar-refractivity contribution is 5.75. The van der Waals surface area contributed by atoms with Gasteiger partial charge in [0.15, 0.2) is 0 Å². The predicted octanol–water partition coefficient (Wildman–Crippen LogP) is 0.110. The molecule has 0 aliphatic rings. The number of hydrogen-bond donors (Lipinski definition) is 2. The number of carboxylic acid groups (broad SMARTS) is 1. The van der Waals surface area contributed by atoms with Gasteiger partial charge >= 0.3 is 5.97 Å². The van der Waals surface area contributed by atoms with E-state index < -0.39 is 17.4 Å². The second-order valence-corrected chi connectivity index (χ2v) is 3.94. The summed E-state index contributed by atoms with van der Waals surface area (Å²) in [4.78, 5) is 10.8. The zero-order chi connectivity index (χ0) is 10.9. The lowest BCUT2D eigenvalue weighted by atomic mass is 9.80. The van der Waals surface area contributed by atoms with Gasteiger partial charge in [-0.1, -0.05) is 13.8 Å². The highest BCUT2D eigenvalue weighted by Gasteiger charge is 2.34. The standard InChI is InChI=1S/C9H15N3O2/c1-9(2,7(10)8(13)14)6-4-11-12(3)5-6/h4-5,7H,10H2,1-3H3,(H,13,14). The van der Waals surface area contributed by atoms with Crippen LogP contribution in [0.5, 0.6) is 0 Å². The maximum atomic E-state index is 10.8. The van der Waals surface area contributed by atoms with E-state index in [-0.39, 0.29) is 0 Å². The van der Waals surface area contributed by atoms with Crippen LogP contribution in [0.4, 0.5) is 0 Å². The Balaban J connectivity index is 3.01. The summed E-state index contributed by atoms with van der Waals surface area (Å²) >= 11 is 0. The Kier molecular flexibility index (Phi) is 2.62. The van der Waals surface area contributed by atoms with Gasteiger partial charge in [0.2, 0.25) is 0 Å². The summed E-state index contributed by atoms with van der Waals surface area (Å²) in [5.41, 5.74) is 5.82. The van der Waals surface area contributed by atoms with Gasteiger partial charge in [-0.05, 0) is 5.56 Å². The van der Waals surface area contributed by atoms with E-state index in [4.69, 9.17) is 10.8 Å². The van der Waals surface area contributed by atoms with E-state index in [1.807, 2.05) is 0 Å². The molecule has 0 bridgehead atoms. The Morgan fingerprint density at radius 2 is 2.29 bits per heavy atom. The van der Waals surface area contributed by atoms with E-state index in [2.05, 4.69) is 5.10 Å². The molecular weight excluding hydrogens is 182 g/mol. The molecule has 0 aromatic carbocycles. The molecule has 78 valence electrons. The van der Waals surface area contributed by atoms with Gasteiger partial charge in [-0.15, -0.1) is 0 Å². The first kappa shape index (κ1) is 10.7. The average Bonchev–Trinajstić information content (AvgIpc) is 2.50. The zero-order valence-electron chi connectivity index (χ0n) is 8.56. The molecule has 5 heteroatoms. The topological polar surface area (TPSA) is 81.1 Å². The number of aliphatic carboxylic acids is 1. The summed E-state index contributed by atoms with van der Waals surface area (Å²) in [6.07, 6.45) is 3.42. The minimum Gasteiger partial charge on any atom is -0.480 e. The molecule has 1 rings (SSSR count). The van der Waals surface area contributed by atoms with Crippen molar-refractivity contribution in [3.63, 3.8) is 0 Å². The Morgan fingerprint density at radius 1 is 1.71 bits per heavy atom. The maximum Gasteiger partial charge on any atom is 0.321 e. The number of aryl methyl sites for hydroxylation is 1. The van der Waals surface area contributed by atoms with Crippen molar-refractivity contribution in [2.75, 3.05) is 0 Å². The molecule has 0 saturated heterocycles. The molecule has 0 amide bonds. The Bertz CT molecular complexity index is 344. The second kappa shape index (κ2) is 3.42. The van der Waals surface area contributed by atoms with Crippen molar-refractivity contribution in [3.8, 4) is 0 Å². The molecular formula is C9H15N3O2. The highest BCUT2D eigenvalue weighted by Crippen LogP contribution is 2.25. The SMILES string of the molecule is Cn1cc(C(C)(C)C(N)C(=O)O)cn1. The molecule has 0 spiro atoms. The predicted molar refractivity (Wildman–Crippen MR) is 51.8 cm³/mol. The van der Waals surface area contributed by atoms with E-state index >= 15 is 0 Å². The number of nitrogens with two attached hydrogens (primary N) is 1. The molecule has 1 atom stereocenters. The summed E-state index contributed by atoms with van der Waals surface area (Å²) in [6, 6.07) is -0.924. The van der Waals surface area contributed by atoms with Crippen LogP contribution in [-0.2, 0) is 17.3 Å². The monoisotopic (exact) mass is 197 g/mol. The molecule has 14 heavy (non-hydrogen) atoms. The van der Waals surface area contributed by atoms with Gasteiger partial charge in [0.05, 0.1) is 6.20 Å². The van der Waals surface area contributed by atoms with Crippen molar-refractivity contribution in [1.82, 2.24) is 9.78 Å². The van der Waals surface area contributed by atoms with Crippen molar-refractivity contribution in [3.05, 3.63) is 18.0 Å². The average molecular weight is 197 g/mol. The summed E-state index contributed by atoms with van der Waals surface area (Å²) in [5, 5.41) is 12.8. The number of aromatic nitrogens is 2. The Labute approximate surface area is 82.5 Å². The van der Waals surface area contributed by atoms with Crippen LogP contribution >= 0.6 is 0 Å². The molecule has 3 N–H and O–H groups in total. The van der Waals surface area contributed by atoms with Crippen LogP contribution < -0.4 is 5.73 Å². The van der Waals surface area contributed by atoms with Crippen molar-refractivity contribution in [2.24, 2.45) is 12.8 Å². The molecule has 0 radical (unpaired) electrons. The van der Waals surface area contributed by atoms with E-state index in [0.29, 0.717) is 0 Å². The number of hydrogen-bond acceptors (Lipinski definition) is 3. The molecule has 1 heterocycles. The second-order valence-electron chi connectivity index (χ2n) is 3.94. The van der Waals surface area contributed by atoms with E-state index in [9.17, 15) is 4.79 Å². The minimum atomic E-state index is -1.00. The van der Waals surface area contributed by atoms with E-state index in [0.717, 1.165) is 5.56 Å². The minimum absolute atomic E-state index is 0.611. The fraction of sp³-hybridized carbons (Fsp3) is 0.556. The lowest BCUT2D eigenvalue weighted by Gasteiger charge is -2.27. The maximum absolute atomic E-state index is 10.8. The third kappa shape index (κ3) is 1.77. The van der Waals surface area contributed by atoms with Gasteiger partial charge in [0.1, 0.15) is 6.04 Å². The first-order valence-electron chi connectivity index (χ1n) is 4.33. The van der Waals surface area contributed by atoms with Crippen molar-refractivity contribution >= 4 is 5.97 Å². The molecule has 0 aliphatic carbocycles.